The fraction of sp³-hybridized carbons (Fsp3) is 0.235. The third-order valence-electron chi connectivity index (χ3n) is 4.03. The molecule has 0 unspecified atom stereocenters. The number of nitrogens with one attached hydrogen (secondary N) is 1. The summed E-state index contributed by atoms with van der Waals surface area (Å²) in [7, 11) is 0. The van der Waals surface area contributed by atoms with E-state index < -0.39 is 0 Å². The number of carbonyl (C=O) groups is 1. The molecule has 1 saturated heterocycles. The fourth-order valence-corrected chi connectivity index (χ4v) is 4.55. The highest BCUT2D eigenvalue weighted by molar-refractivity contribution is 7.99. The average Bonchev–Trinajstić information content (AvgIpc) is 3.26. The molecule has 0 radical (unpaired) electrons. The minimum atomic E-state index is -0.234. The maximum absolute atomic E-state index is 12.8. The van der Waals surface area contributed by atoms with Crippen LogP contribution in [0.25, 0.3) is 0 Å². The first kappa shape index (κ1) is 16.7. The Labute approximate surface area is 159 Å². The highest BCUT2D eigenvalue weighted by Gasteiger charge is 2.32. The fourth-order valence-electron chi connectivity index (χ4n) is 2.82. The van der Waals surface area contributed by atoms with Gasteiger partial charge in [0, 0.05) is 12.3 Å². The van der Waals surface area contributed by atoms with Crippen LogP contribution in [0.1, 0.15) is 10.9 Å². The van der Waals surface area contributed by atoms with Crippen LogP contribution < -0.4 is 14.8 Å². The summed E-state index contributed by atoms with van der Waals surface area (Å²) in [5.74, 6) is 2.29. The van der Waals surface area contributed by atoms with E-state index in [2.05, 4.69) is 5.32 Å². The quantitative estimate of drug-likeness (QED) is 0.775. The van der Waals surface area contributed by atoms with E-state index in [4.69, 9.17) is 32.7 Å². The molecular formula is C17H14Cl2N2O3S. The van der Waals surface area contributed by atoms with Gasteiger partial charge in [-0.05, 0) is 29.8 Å². The van der Waals surface area contributed by atoms with E-state index in [1.165, 1.54) is 0 Å². The zero-order valence-electron chi connectivity index (χ0n) is 13.0. The highest BCUT2D eigenvalue weighted by atomic mass is 35.5. The van der Waals surface area contributed by atoms with Crippen LogP contribution in [0.5, 0.6) is 11.5 Å². The van der Waals surface area contributed by atoms with Crippen molar-refractivity contribution in [1.29, 1.82) is 0 Å². The summed E-state index contributed by atoms with van der Waals surface area (Å²) < 4.78 is 10.8. The van der Waals surface area contributed by atoms with Crippen LogP contribution in [0, 0.1) is 0 Å². The Hall–Kier alpha value is -1.76. The van der Waals surface area contributed by atoms with Gasteiger partial charge in [0.2, 0.25) is 6.79 Å². The number of benzene rings is 2. The Kier molecular flexibility index (Phi) is 4.58. The number of para-hydroxylation sites is 1. The molecule has 1 fully saturated rings. The SMILES string of the molecule is O=C(Nc1c(Cl)cccc1Cl)N1CCS[C@H]1c1ccc2c(c1)OCO2. The van der Waals surface area contributed by atoms with Gasteiger partial charge in [-0.15, -0.1) is 11.8 Å². The predicted molar refractivity (Wildman–Crippen MR) is 100.0 cm³/mol. The molecule has 2 aromatic carbocycles. The Bertz CT molecular complexity index is 813. The Balaban J connectivity index is 1.56. The molecule has 2 aliphatic rings. The lowest BCUT2D eigenvalue weighted by Gasteiger charge is -2.25. The van der Waals surface area contributed by atoms with Gasteiger partial charge in [-0.3, -0.25) is 0 Å². The van der Waals surface area contributed by atoms with E-state index >= 15 is 0 Å². The molecule has 0 spiro atoms. The molecule has 2 amide bonds. The molecule has 0 bridgehead atoms. The van der Waals surface area contributed by atoms with Gasteiger partial charge in [-0.25, -0.2) is 4.79 Å². The zero-order valence-corrected chi connectivity index (χ0v) is 15.3. The van der Waals surface area contributed by atoms with Crippen molar-refractivity contribution in [3.63, 3.8) is 0 Å². The molecular weight excluding hydrogens is 383 g/mol. The van der Waals surface area contributed by atoms with Crippen molar-refractivity contribution in [3.8, 4) is 11.5 Å². The van der Waals surface area contributed by atoms with Gasteiger partial charge < -0.3 is 19.7 Å². The van der Waals surface area contributed by atoms with E-state index in [1.54, 1.807) is 34.9 Å². The number of fused-ring (bicyclic) bond motifs is 1. The van der Waals surface area contributed by atoms with Crippen LogP contribution in [-0.2, 0) is 0 Å². The molecule has 0 aromatic heterocycles. The molecule has 2 aromatic rings. The minimum Gasteiger partial charge on any atom is -0.454 e. The second kappa shape index (κ2) is 6.86. The normalized spacial score (nSPS) is 18.5. The third-order valence-corrected chi connectivity index (χ3v) is 5.92. The Morgan fingerprint density at radius 1 is 1.16 bits per heavy atom. The second-order valence-corrected chi connectivity index (χ2v) is 7.56. The van der Waals surface area contributed by atoms with Crippen LogP contribution in [0.3, 0.4) is 0 Å². The number of nitrogens with zero attached hydrogens (tertiary/aromatic N) is 1. The maximum atomic E-state index is 12.8. The number of anilines is 1. The summed E-state index contributed by atoms with van der Waals surface area (Å²) in [6.07, 6.45) is 0. The molecule has 0 aliphatic carbocycles. The van der Waals surface area contributed by atoms with Crippen LogP contribution in [0.4, 0.5) is 10.5 Å². The van der Waals surface area contributed by atoms with Crippen LogP contribution in [0.2, 0.25) is 10.0 Å². The van der Waals surface area contributed by atoms with Crippen molar-refractivity contribution >= 4 is 46.7 Å². The predicted octanol–water partition coefficient (Wildman–Crippen LogP) is 5.00. The van der Waals surface area contributed by atoms with Crippen molar-refractivity contribution in [2.75, 3.05) is 24.4 Å². The van der Waals surface area contributed by atoms with Gasteiger partial charge in [-0.1, -0.05) is 35.3 Å². The van der Waals surface area contributed by atoms with E-state index in [9.17, 15) is 4.79 Å². The van der Waals surface area contributed by atoms with Crippen LogP contribution >= 0.6 is 35.0 Å². The number of rotatable bonds is 2. The lowest BCUT2D eigenvalue weighted by atomic mass is 10.2. The van der Waals surface area contributed by atoms with Crippen molar-refractivity contribution in [2.45, 2.75) is 5.37 Å². The maximum Gasteiger partial charge on any atom is 0.323 e. The second-order valence-electron chi connectivity index (χ2n) is 5.56. The lowest BCUT2D eigenvalue weighted by Crippen LogP contribution is -2.34. The minimum absolute atomic E-state index is 0.101. The average molecular weight is 397 g/mol. The van der Waals surface area contributed by atoms with Crippen LogP contribution in [-0.4, -0.2) is 30.0 Å². The van der Waals surface area contributed by atoms with E-state index in [0.717, 1.165) is 17.1 Å². The van der Waals surface area contributed by atoms with E-state index in [0.29, 0.717) is 28.0 Å². The van der Waals surface area contributed by atoms with Gasteiger partial charge in [0.25, 0.3) is 0 Å². The Morgan fingerprint density at radius 3 is 2.72 bits per heavy atom. The van der Waals surface area contributed by atoms with E-state index in [1.807, 2.05) is 18.2 Å². The topological polar surface area (TPSA) is 50.8 Å². The molecule has 2 heterocycles. The van der Waals surface area contributed by atoms with E-state index in [-0.39, 0.29) is 18.2 Å². The van der Waals surface area contributed by atoms with Crippen LogP contribution in [0.15, 0.2) is 36.4 Å². The molecule has 8 heteroatoms. The zero-order chi connectivity index (χ0) is 17.4. The summed E-state index contributed by atoms with van der Waals surface area (Å²) in [5, 5.41) is 3.54. The first-order chi connectivity index (χ1) is 12.1. The smallest absolute Gasteiger partial charge is 0.323 e. The van der Waals surface area contributed by atoms with Crippen molar-refractivity contribution in [3.05, 3.63) is 52.0 Å². The Morgan fingerprint density at radius 2 is 1.92 bits per heavy atom. The molecule has 4 rings (SSSR count). The summed E-state index contributed by atoms with van der Waals surface area (Å²) >= 11 is 14.0. The molecule has 25 heavy (non-hydrogen) atoms. The number of thioether (sulfide) groups is 1. The van der Waals surface area contributed by atoms with Gasteiger partial charge in [0.05, 0.1) is 15.7 Å². The molecule has 0 saturated carbocycles. The van der Waals surface area contributed by atoms with Crippen molar-refractivity contribution in [2.24, 2.45) is 0 Å². The standard InChI is InChI=1S/C17H14Cl2N2O3S/c18-11-2-1-3-12(19)15(11)20-17(22)21-6-7-25-16(21)10-4-5-13-14(8-10)24-9-23-13/h1-5,8,16H,6-7,9H2,(H,20,22)/t16-/m0/s1. The van der Waals surface area contributed by atoms with Gasteiger partial charge in [0.1, 0.15) is 5.37 Å². The third kappa shape index (κ3) is 3.21. The molecule has 130 valence electrons. The summed E-state index contributed by atoms with van der Waals surface area (Å²) in [5.41, 5.74) is 1.42. The number of hydrogen-bond donors (Lipinski definition) is 1. The first-order valence-corrected chi connectivity index (χ1v) is 9.47. The molecule has 2 aliphatic heterocycles. The van der Waals surface area contributed by atoms with Crippen molar-refractivity contribution < 1.29 is 14.3 Å². The number of hydrogen-bond acceptors (Lipinski definition) is 4. The largest absolute Gasteiger partial charge is 0.454 e. The monoisotopic (exact) mass is 396 g/mol. The van der Waals surface area contributed by atoms with Gasteiger partial charge in [-0.2, -0.15) is 0 Å². The molecule has 1 N–H and O–H groups in total. The number of ether oxygens (including phenoxy) is 2. The number of halogens is 2. The molecule has 1 atom stereocenters. The number of urea groups is 1. The summed E-state index contributed by atoms with van der Waals surface area (Å²) in [6.45, 7) is 0.865. The summed E-state index contributed by atoms with van der Waals surface area (Å²) in [6, 6.07) is 10.6. The first-order valence-electron chi connectivity index (χ1n) is 7.66. The molecule has 5 nitrogen and oxygen atoms in total. The summed E-state index contributed by atoms with van der Waals surface area (Å²) in [4.78, 5) is 14.5. The van der Waals surface area contributed by atoms with Gasteiger partial charge >= 0.3 is 6.03 Å². The number of amides is 2. The number of carbonyl (C=O) groups excluding carboxylic acids is 1. The highest BCUT2D eigenvalue weighted by Crippen LogP contribution is 2.42. The van der Waals surface area contributed by atoms with Gasteiger partial charge in [0.15, 0.2) is 11.5 Å². The van der Waals surface area contributed by atoms with Crippen molar-refractivity contribution in [1.82, 2.24) is 4.90 Å². The lowest BCUT2D eigenvalue weighted by molar-refractivity contribution is 0.174.